The highest BCUT2D eigenvalue weighted by Crippen LogP contribution is 2.13. The minimum atomic E-state index is -3.11. The lowest BCUT2D eigenvalue weighted by molar-refractivity contribution is -0.123. The number of rotatable bonds is 6. The van der Waals surface area contributed by atoms with Gasteiger partial charge in [-0.25, -0.2) is 12.7 Å². The Bertz CT molecular complexity index is 392. The first kappa shape index (κ1) is 16.7. The second-order valence-corrected chi connectivity index (χ2v) is 7.80. The Kier molecular flexibility index (Phi) is 6.58. The monoisotopic (exact) mass is 309 g/mol. The van der Waals surface area contributed by atoms with Crippen LogP contribution in [0.1, 0.15) is 19.3 Å². The van der Waals surface area contributed by atoms with Crippen molar-refractivity contribution in [3.63, 3.8) is 0 Å². The van der Waals surface area contributed by atoms with E-state index in [0.717, 1.165) is 5.75 Å². The van der Waals surface area contributed by atoms with Crippen LogP contribution < -0.4 is 11.1 Å². The molecule has 1 fully saturated rings. The fourth-order valence-corrected chi connectivity index (χ4v) is 3.38. The van der Waals surface area contributed by atoms with E-state index in [9.17, 15) is 13.2 Å². The smallest absolute Gasteiger partial charge is 0.237 e. The van der Waals surface area contributed by atoms with Crippen molar-refractivity contribution in [3.8, 4) is 0 Å². The van der Waals surface area contributed by atoms with Gasteiger partial charge in [0.25, 0.3) is 0 Å². The van der Waals surface area contributed by atoms with Crippen LogP contribution in [0, 0.1) is 0 Å². The van der Waals surface area contributed by atoms with E-state index in [-0.39, 0.29) is 11.9 Å². The molecule has 1 rings (SSSR count). The molecule has 0 bridgehead atoms. The molecule has 19 heavy (non-hydrogen) atoms. The number of piperidine rings is 1. The number of thioether (sulfide) groups is 1. The zero-order chi connectivity index (χ0) is 14.5. The summed E-state index contributed by atoms with van der Waals surface area (Å²) < 4.78 is 24.2. The van der Waals surface area contributed by atoms with Crippen molar-refractivity contribution in [2.45, 2.75) is 31.3 Å². The second-order valence-electron chi connectivity index (χ2n) is 4.83. The average molecular weight is 309 g/mol. The first-order valence-electron chi connectivity index (χ1n) is 6.34. The summed E-state index contributed by atoms with van der Waals surface area (Å²) in [5, 5.41) is 2.90. The van der Waals surface area contributed by atoms with Crippen LogP contribution in [-0.2, 0) is 14.8 Å². The van der Waals surface area contributed by atoms with Crippen LogP contribution in [0.5, 0.6) is 0 Å². The Hall–Kier alpha value is -0.310. The minimum absolute atomic E-state index is 0.0332. The van der Waals surface area contributed by atoms with Gasteiger partial charge in [0.15, 0.2) is 0 Å². The van der Waals surface area contributed by atoms with E-state index >= 15 is 0 Å². The van der Waals surface area contributed by atoms with E-state index in [1.165, 1.54) is 10.6 Å². The van der Waals surface area contributed by atoms with Gasteiger partial charge in [0.05, 0.1) is 12.3 Å². The summed E-state index contributed by atoms with van der Waals surface area (Å²) in [5.41, 5.74) is 5.79. The average Bonchev–Trinajstić information content (AvgIpc) is 2.35. The van der Waals surface area contributed by atoms with Crippen LogP contribution in [0.2, 0.25) is 0 Å². The van der Waals surface area contributed by atoms with Crippen molar-refractivity contribution in [2.75, 3.05) is 31.4 Å². The van der Waals surface area contributed by atoms with Crippen LogP contribution in [0.4, 0.5) is 0 Å². The summed E-state index contributed by atoms with van der Waals surface area (Å²) >= 11 is 1.66. The third-order valence-electron chi connectivity index (χ3n) is 3.24. The summed E-state index contributed by atoms with van der Waals surface area (Å²) in [6, 6.07) is -0.439. The van der Waals surface area contributed by atoms with Crippen molar-refractivity contribution in [1.29, 1.82) is 0 Å². The normalized spacial score (nSPS) is 20.2. The highest BCUT2D eigenvalue weighted by Gasteiger charge is 2.26. The van der Waals surface area contributed by atoms with Crippen LogP contribution in [0.3, 0.4) is 0 Å². The molecule has 0 aliphatic carbocycles. The number of hydrogen-bond acceptors (Lipinski definition) is 5. The van der Waals surface area contributed by atoms with Crippen LogP contribution in [0.15, 0.2) is 0 Å². The molecule has 1 aliphatic rings. The number of nitrogens with two attached hydrogens (primary N) is 1. The van der Waals surface area contributed by atoms with E-state index in [2.05, 4.69) is 5.32 Å². The van der Waals surface area contributed by atoms with E-state index in [1.54, 1.807) is 11.8 Å². The van der Waals surface area contributed by atoms with Gasteiger partial charge >= 0.3 is 0 Å². The molecule has 1 atom stereocenters. The molecule has 1 amide bonds. The standard InChI is InChI=1S/C11H23N3O3S2/c1-18-8-5-10(12)11(15)13-9-3-6-14(7-4-9)19(2,16)17/h9-10H,3-8,12H2,1-2H3,(H,13,15)/t10-/m1/s1. The third kappa shape index (κ3) is 5.68. The van der Waals surface area contributed by atoms with Crippen molar-refractivity contribution in [2.24, 2.45) is 5.73 Å². The molecule has 0 saturated carbocycles. The first-order chi connectivity index (χ1) is 8.84. The predicted molar refractivity (Wildman–Crippen MR) is 78.6 cm³/mol. The van der Waals surface area contributed by atoms with Crippen LogP contribution >= 0.6 is 11.8 Å². The zero-order valence-electron chi connectivity index (χ0n) is 11.5. The lowest BCUT2D eigenvalue weighted by atomic mass is 10.1. The van der Waals surface area contributed by atoms with E-state index < -0.39 is 16.1 Å². The lowest BCUT2D eigenvalue weighted by Gasteiger charge is -2.31. The number of hydrogen-bond donors (Lipinski definition) is 2. The quantitative estimate of drug-likeness (QED) is 0.697. The van der Waals surface area contributed by atoms with E-state index in [0.29, 0.717) is 32.4 Å². The molecule has 1 aliphatic heterocycles. The van der Waals surface area contributed by atoms with Crippen molar-refractivity contribution < 1.29 is 13.2 Å². The van der Waals surface area contributed by atoms with Gasteiger partial charge in [-0.05, 0) is 31.3 Å². The van der Waals surface area contributed by atoms with Gasteiger partial charge in [0.2, 0.25) is 15.9 Å². The molecule has 1 heterocycles. The minimum Gasteiger partial charge on any atom is -0.352 e. The molecule has 112 valence electrons. The molecule has 0 aromatic carbocycles. The van der Waals surface area contributed by atoms with Crippen molar-refractivity contribution >= 4 is 27.7 Å². The first-order valence-corrected chi connectivity index (χ1v) is 9.59. The molecule has 0 aromatic rings. The van der Waals surface area contributed by atoms with Gasteiger partial charge in [-0.15, -0.1) is 0 Å². The number of carbonyl (C=O) groups is 1. The summed E-state index contributed by atoms with van der Waals surface area (Å²) in [5.74, 6) is 0.730. The summed E-state index contributed by atoms with van der Waals surface area (Å²) in [7, 11) is -3.11. The maximum atomic E-state index is 11.8. The predicted octanol–water partition coefficient (Wildman–Crippen LogP) is -0.393. The van der Waals surface area contributed by atoms with Gasteiger partial charge in [0.1, 0.15) is 0 Å². The number of sulfonamides is 1. The van der Waals surface area contributed by atoms with Crippen molar-refractivity contribution in [1.82, 2.24) is 9.62 Å². The lowest BCUT2D eigenvalue weighted by Crippen LogP contribution is -2.50. The van der Waals surface area contributed by atoms with Crippen LogP contribution in [0.25, 0.3) is 0 Å². The van der Waals surface area contributed by atoms with Gasteiger partial charge in [0, 0.05) is 19.1 Å². The molecular formula is C11H23N3O3S2. The fraction of sp³-hybridized carbons (Fsp3) is 0.909. The Morgan fingerprint density at radius 2 is 2.05 bits per heavy atom. The number of nitrogens with one attached hydrogen (secondary N) is 1. The van der Waals surface area contributed by atoms with Gasteiger partial charge < -0.3 is 11.1 Å². The zero-order valence-corrected chi connectivity index (χ0v) is 13.1. The SMILES string of the molecule is CSCC[C@@H](N)C(=O)NC1CCN(S(C)(=O)=O)CC1. The highest BCUT2D eigenvalue weighted by molar-refractivity contribution is 7.98. The van der Waals surface area contributed by atoms with Gasteiger partial charge in [-0.3, -0.25) is 4.79 Å². The molecule has 0 unspecified atom stereocenters. The molecule has 3 N–H and O–H groups in total. The van der Waals surface area contributed by atoms with Gasteiger partial charge in [-0.1, -0.05) is 0 Å². The van der Waals surface area contributed by atoms with Crippen molar-refractivity contribution in [3.05, 3.63) is 0 Å². The summed E-state index contributed by atoms with van der Waals surface area (Å²) in [6.45, 7) is 0.924. The molecule has 1 saturated heterocycles. The van der Waals surface area contributed by atoms with E-state index in [1.807, 2.05) is 6.26 Å². The molecule has 8 heteroatoms. The largest absolute Gasteiger partial charge is 0.352 e. The van der Waals surface area contributed by atoms with Crippen LogP contribution in [-0.4, -0.2) is 62.1 Å². The maximum absolute atomic E-state index is 11.8. The van der Waals surface area contributed by atoms with Gasteiger partial charge in [-0.2, -0.15) is 11.8 Å². The van der Waals surface area contributed by atoms with E-state index in [4.69, 9.17) is 5.73 Å². The summed E-state index contributed by atoms with van der Waals surface area (Å²) in [4.78, 5) is 11.8. The molecule has 0 aromatic heterocycles. The number of amides is 1. The summed E-state index contributed by atoms with van der Waals surface area (Å²) in [6.07, 6.45) is 5.15. The number of nitrogens with zero attached hydrogens (tertiary/aromatic N) is 1. The molecule has 0 radical (unpaired) electrons. The Labute approximate surface area is 119 Å². The maximum Gasteiger partial charge on any atom is 0.237 e. The Morgan fingerprint density at radius 1 is 1.47 bits per heavy atom. The fourth-order valence-electron chi connectivity index (χ4n) is 2.02. The molecule has 0 spiro atoms. The Morgan fingerprint density at radius 3 is 2.53 bits per heavy atom. The highest BCUT2D eigenvalue weighted by atomic mass is 32.2. The number of carbonyl (C=O) groups excluding carboxylic acids is 1. The second kappa shape index (κ2) is 7.47. The topological polar surface area (TPSA) is 92.5 Å². The molecular weight excluding hydrogens is 286 g/mol. The third-order valence-corrected chi connectivity index (χ3v) is 5.19. The molecule has 6 nitrogen and oxygen atoms in total. The Balaban J connectivity index is 2.35.